The van der Waals surface area contributed by atoms with Crippen LogP contribution in [0.2, 0.25) is 0 Å². The molecule has 2 aliphatic rings. The van der Waals surface area contributed by atoms with E-state index in [0.29, 0.717) is 18.9 Å². The molecule has 3 amide bonds. The molecule has 1 aromatic carbocycles. The van der Waals surface area contributed by atoms with Crippen molar-refractivity contribution >= 4 is 24.1 Å². The summed E-state index contributed by atoms with van der Waals surface area (Å²) < 4.78 is 38.2. The van der Waals surface area contributed by atoms with E-state index < -0.39 is 35.6 Å². The Kier molecular flexibility index (Phi) is 9.88. The van der Waals surface area contributed by atoms with Crippen molar-refractivity contribution in [2.45, 2.75) is 43.7 Å². The van der Waals surface area contributed by atoms with Crippen LogP contribution in [-0.2, 0) is 19.1 Å². The molecule has 0 spiro atoms. The average Bonchev–Trinajstić information content (AvgIpc) is 2.97. The maximum absolute atomic E-state index is 14.3. The number of aromatic nitrogens is 1. The summed E-state index contributed by atoms with van der Waals surface area (Å²) >= 11 is 0. The number of nitrogens with zero attached hydrogens (tertiary/aromatic N) is 4. The van der Waals surface area contributed by atoms with Crippen LogP contribution >= 0.6 is 0 Å². The monoisotopic (exact) mass is 557 g/mol. The predicted octanol–water partition coefficient (Wildman–Crippen LogP) is 3.40. The van der Waals surface area contributed by atoms with Crippen LogP contribution in [-0.4, -0.2) is 79.1 Å². The molecule has 2 unspecified atom stereocenters. The highest BCUT2D eigenvalue weighted by atomic mass is 19.2. The van der Waals surface area contributed by atoms with Crippen molar-refractivity contribution in [1.29, 1.82) is 0 Å². The number of aliphatic imine (C=N–C) groups is 1. The third kappa shape index (κ3) is 6.50. The maximum Gasteiger partial charge on any atom is 0.363 e. The number of hydrogen-bond donors (Lipinski definition) is 1. The number of benzene rings is 1. The second-order valence-corrected chi connectivity index (χ2v) is 9.81. The van der Waals surface area contributed by atoms with Crippen molar-refractivity contribution in [1.82, 2.24) is 20.3 Å². The number of methoxy groups -OCH3 is 2. The number of nitrogens with one attached hydrogen (secondary N) is 1. The molecule has 1 N–H and O–H groups in total. The number of pyridine rings is 1. The number of esters is 1. The van der Waals surface area contributed by atoms with Crippen molar-refractivity contribution in [3.05, 3.63) is 65.5 Å². The zero-order valence-corrected chi connectivity index (χ0v) is 22.5. The molecule has 1 saturated carbocycles. The molecule has 40 heavy (non-hydrogen) atoms. The van der Waals surface area contributed by atoms with Gasteiger partial charge in [0.25, 0.3) is 0 Å². The largest absolute Gasteiger partial charge is 0.468 e. The molecule has 0 radical (unpaired) electrons. The summed E-state index contributed by atoms with van der Waals surface area (Å²) in [6.07, 6.45) is 6.07. The van der Waals surface area contributed by atoms with E-state index in [1.165, 1.54) is 20.3 Å². The Labute approximate surface area is 231 Å². The van der Waals surface area contributed by atoms with Crippen molar-refractivity contribution in [2.24, 2.45) is 10.9 Å². The van der Waals surface area contributed by atoms with E-state index in [1.54, 1.807) is 6.20 Å². The lowest BCUT2D eigenvalue weighted by Gasteiger charge is -2.43. The topological polar surface area (TPSA) is 113 Å². The Hall–Kier alpha value is -3.77. The van der Waals surface area contributed by atoms with Gasteiger partial charge in [0.05, 0.1) is 32.0 Å². The lowest BCUT2D eigenvalue weighted by molar-refractivity contribution is -0.150. The normalized spacial score (nSPS) is 22.9. The van der Waals surface area contributed by atoms with Gasteiger partial charge in [0.2, 0.25) is 6.41 Å². The lowest BCUT2D eigenvalue weighted by Crippen LogP contribution is -2.56. The standard InChI is InChI=1S/C28H33F2N5O5/c1-39-16-24-25(27(37)40-2)26(19-8-11-21(29)22(30)15-19)35(28(38)33-24)34(17-36)14-13-31-20-9-6-18(7-10-20)23-5-3-4-12-32-23/h3-5,8,11-12,15,17-18,20,25-26,31H,6-7,9-10,13-14,16H2,1-2H3. The predicted molar refractivity (Wildman–Crippen MR) is 141 cm³/mol. The first-order valence-electron chi connectivity index (χ1n) is 13.2. The minimum atomic E-state index is -1.23. The Morgan fingerprint density at radius 2 is 1.93 bits per heavy atom. The first-order valence-corrected chi connectivity index (χ1v) is 13.2. The molecule has 0 saturated heterocycles. The van der Waals surface area contributed by atoms with Crippen LogP contribution in [0.5, 0.6) is 0 Å². The fourth-order valence-electron chi connectivity index (χ4n) is 5.45. The van der Waals surface area contributed by atoms with Crippen LogP contribution in [0, 0.1) is 17.6 Å². The molecule has 12 heteroatoms. The van der Waals surface area contributed by atoms with Crippen LogP contribution in [0.25, 0.3) is 0 Å². The molecule has 2 atom stereocenters. The summed E-state index contributed by atoms with van der Waals surface area (Å²) in [6, 6.07) is 7.14. The molecule has 214 valence electrons. The summed E-state index contributed by atoms with van der Waals surface area (Å²) in [5.41, 5.74) is 1.24. The molecule has 2 heterocycles. The molecular weight excluding hydrogens is 524 g/mol. The summed E-state index contributed by atoms with van der Waals surface area (Å²) in [5.74, 6) is -3.83. The molecule has 1 aromatic heterocycles. The smallest absolute Gasteiger partial charge is 0.363 e. The van der Waals surface area contributed by atoms with E-state index in [9.17, 15) is 23.2 Å². The van der Waals surface area contributed by atoms with Crippen LogP contribution in [0.15, 0.2) is 47.6 Å². The summed E-state index contributed by atoms with van der Waals surface area (Å²) in [4.78, 5) is 46.9. The van der Waals surface area contributed by atoms with Gasteiger partial charge in [-0.05, 0) is 55.5 Å². The van der Waals surface area contributed by atoms with E-state index >= 15 is 0 Å². The first kappa shape index (κ1) is 29.2. The van der Waals surface area contributed by atoms with Gasteiger partial charge < -0.3 is 14.8 Å². The highest BCUT2D eigenvalue weighted by molar-refractivity contribution is 6.10. The lowest BCUT2D eigenvalue weighted by atomic mass is 9.84. The zero-order valence-electron chi connectivity index (χ0n) is 22.5. The molecule has 10 nitrogen and oxygen atoms in total. The van der Waals surface area contributed by atoms with Gasteiger partial charge in [0.1, 0.15) is 5.92 Å². The number of carbonyl (C=O) groups is 3. The van der Waals surface area contributed by atoms with E-state index in [4.69, 9.17) is 9.47 Å². The van der Waals surface area contributed by atoms with Gasteiger partial charge in [-0.25, -0.2) is 18.6 Å². The number of hydrogen-bond acceptors (Lipinski definition) is 7. The highest BCUT2D eigenvalue weighted by Crippen LogP contribution is 2.37. The fraction of sp³-hybridized carbons (Fsp3) is 0.464. The van der Waals surface area contributed by atoms with Gasteiger partial charge in [-0.3, -0.25) is 19.6 Å². The van der Waals surface area contributed by atoms with E-state index in [1.807, 2.05) is 18.2 Å². The first-order chi connectivity index (χ1) is 19.4. The number of rotatable bonds is 11. The molecule has 4 rings (SSSR count). The Morgan fingerprint density at radius 3 is 2.55 bits per heavy atom. The summed E-state index contributed by atoms with van der Waals surface area (Å²) in [7, 11) is 2.54. The number of hydrazine groups is 1. The molecule has 1 aliphatic heterocycles. The third-order valence-corrected chi connectivity index (χ3v) is 7.41. The van der Waals surface area contributed by atoms with E-state index in [2.05, 4.69) is 15.3 Å². The Morgan fingerprint density at radius 1 is 1.15 bits per heavy atom. The van der Waals surface area contributed by atoms with Crippen molar-refractivity contribution in [3.63, 3.8) is 0 Å². The minimum absolute atomic E-state index is 0.0546. The second-order valence-electron chi connectivity index (χ2n) is 9.81. The Bertz CT molecular complexity index is 1220. The van der Waals surface area contributed by atoms with Gasteiger partial charge in [0.15, 0.2) is 11.6 Å². The number of urea groups is 1. The summed E-state index contributed by atoms with van der Waals surface area (Å²) in [5, 5.41) is 5.54. The zero-order chi connectivity index (χ0) is 28.6. The SMILES string of the molecule is COCC1=NC(=O)N(N(C=O)CCNC2CCC(c3ccccn3)CC2)C(c2ccc(F)c(F)c2)C1C(=O)OC. The second kappa shape index (κ2) is 13.5. The number of ether oxygens (including phenoxy) is 2. The van der Waals surface area contributed by atoms with Crippen LogP contribution in [0.1, 0.15) is 48.9 Å². The van der Waals surface area contributed by atoms with Crippen molar-refractivity contribution in [2.75, 3.05) is 33.9 Å². The van der Waals surface area contributed by atoms with Gasteiger partial charge in [-0.2, -0.15) is 4.99 Å². The van der Waals surface area contributed by atoms with Gasteiger partial charge in [-0.1, -0.05) is 12.1 Å². The van der Waals surface area contributed by atoms with Gasteiger partial charge in [0, 0.05) is 37.5 Å². The quantitative estimate of drug-likeness (QED) is 0.333. The molecule has 1 fully saturated rings. The molecular formula is C28H33F2N5O5. The van der Waals surface area contributed by atoms with Gasteiger partial charge in [-0.15, -0.1) is 0 Å². The van der Waals surface area contributed by atoms with Crippen molar-refractivity contribution < 1.29 is 32.6 Å². The van der Waals surface area contributed by atoms with Crippen LogP contribution in [0.3, 0.4) is 0 Å². The van der Waals surface area contributed by atoms with E-state index in [-0.39, 0.29) is 30.5 Å². The molecule has 1 aliphatic carbocycles. The van der Waals surface area contributed by atoms with Crippen LogP contribution in [0.4, 0.5) is 13.6 Å². The number of halogens is 2. The van der Waals surface area contributed by atoms with Crippen LogP contribution < -0.4 is 5.32 Å². The molecule has 0 bridgehead atoms. The van der Waals surface area contributed by atoms with Gasteiger partial charge >= 0.3 is 12.0 Å². The maximum atomic E-state index is 14.3. The number of amides is 3. The molecule has 2 aromatic rings. The van der Waals surface area contributed by atoms with E-state index in [0.717, 1.165) is 53.5 Å². The third-order valence-electron chi connectivity index (χ3n) is 7.41. The minimum Gasteiger partial charge on any atom is -0.468 e. The summed E-state index contributed by atoms with van der Waals surface area (Å²) in [6.45, 7) is 0.241. The highest BCUT2D eigenvalue weighted by Gasteiger charge is 2.47. The fourth-order valence-corrected chi connectivity index (χ4v) is 5.45. The number of carbonyl (C=O) groups excluding carboxylic acids is 3. The average molecular weight is 558 g/mol. The van der Waals surface area contributed by atoms with Crippen molar-refractivity contribution in [3.8, 4) is 0 Å². The Balaban J connectivity index is 1.51.